The van der Waals surface area contributed by atoms with Gasteiger partial charge in [0.15, 0.2) is 0 Å². The monoisotopic (exact) mass is 243 g/mol. The van der Waals surface area contributed by atoms with Crippen molar-refractivity contribution in [3.05, 3.63) is 35.9 Å². The zero-order valence-corrected chi connectivity index (χ0v) is 9.84. The second-order valence-corrected chi connectivity index (χ2v) is 5.04. The van der Waals surface area contributed by atoms with E-state index in [4.69, 9.17) is 5.14 Å². The lowest BCUT2D eigenvalue weighted by Crippen LogP contribution is -2.11. The van der Waals surface area contributed by atoms with Crippen molar-refractivity contribution in [2.45, 2.75) is 11.3 Å². The van der Waals surface area contributed by atoms with Crippen molar-refractivity contribution in [3.63, 3.8) is 0 Å². The SMILES string of the molecule is NS(=O)(=O)c1ccc(C=CCCS)cc1. The Morgan fingerprint density at radius 3 is 2.33 bits per heavy atom. The number of allylic oxidation sites excluding steroid dienone is 1. The van der Waals surface area contributed by atoms with Crippen molar-refractivity contribution in [3.8, 4) is 0 Å². The fraction of sp³-hybridized carbons (Fsp3) is 0.200. The van der Waals surface area contributed by atoms with Crippen LogP contribution in [0.4, 0.5) is 0 Å². The molecule has 1 aromatic rings. The largest absolute Gasteiger partial charge is 0.238 e. The highest BCUT2D eigenvalue weighted by atomic mass is 32.2. The Morgan fingerprint density at radius 2 is 1.87 bits per heavy atom. The Morgan fingerprint density at radius 1 is 1.27 bits per heavy atom. The van der Waals surface area contributed by atoms with Gasteiger partial charge < -0.3 is 0 Å². The van der Waals surface area contributed by atoms with Crippen molar-refractivity contribution >= 4 is 28.7 Å². The average molecular weight is 243 g/mol. The standard InChI is InChI=1S/C10H13NO2S2/c11-15(12,13)10-6-4-9(5-7-10)3-1-2-8-14/h1,3-7,14H,2,8H2,(H2,11,12,13). The molecule has 3 nitrogen and oxygen atoms in total. The quantitative estimate of drug-likeness (QED) is 0.790. The summed E-state index contributed by atoms with van der Waals surface area (Å²) < 4.78 is 21.9. The molecule has 0 aliphatic carbocycles. The Hall–Kier alpha value is -0.780. The van der Waals surface area contributed by atoms with Gasteiger partial charge in [0.1, 0.15) is 0 Å². The highest BCUT2D eigenvalue weighted by Crippen LogP contribution is 2.10. The summed E-state index contributed by atoms with van der Waals surface area (Å²) in [6.45, 7) is 0. The highest BCUT2D eigenvalue weighted by molar-refractivity contribution is 7.89. The minimum Gasteiger partial charge on any atom is -0.225 e. The molecule has 0 spiro atoms. The second-order valence-electron chi connectivity index (χ2n) is 3.03. The maximum absolute atomic E-state index is 11.0. The van der Waals surface area contributed by atoms with Gasteiger partial charge in [-0.05, 0) is 29.9 Å². The molecular weight excluding hydrogens is 230 g/mol. The zero-order valence-electron chi connectivity index (χ0n) is 8.13. The minimum absolute atomic E-state index is 0.133. The first-order valence-electron chi connectivity index (χ1n) is 4.44. The van der Waals surface area contributed by atoms with E-state index in [1.54, 1.807) is 12.1 Å². The molecule has 0 amide bonds. The molecule has 15 heavy (non-hydrogen) atoms. The third-order valence-corrected chi connectivity index (χ3v) is 3.00. The number of benzene rings is 1. The zero-order chi connectivity index (χ0) is 11.3. The third kappa shape index (κ3) is 4.07. The first kappa shape index (κ1) is 12.3. The van der Waals surface area contributed by atoms with Crippen LogP contribution in [0.15, 0.2) is 35.2 Å². The average Bonchev–Trinajstić information content (AvgIpc) is 2.18. The van der Waals surface area contributed by atoms with Crippen LogP contribution in [0.1, 0.15) is 12.0 Å². The molecule has 0 aliphatic heterocycles. The van der Waals surface area contributed by atoms with E-state index in [-0.39, 0.29) is 4.90 Å². The molecule has 0 atom stereocenters. The highest BCUT2D eigenvalue weighted by Gasteiger charge is 2.05. The van der Waals surface area contributed by atoms with Crippen LogP contribution in [0.5, 0.6) is 0 Å². The molecule has 82 valence electrons. The van der Waals surface area contributed by atoms with Gasteiger partial charge in [0.05, 0.1) is 4.90 Å². The van der Waals surface area contributed by atoms with Crippen LogP contribution in [-0.4, -0.2) is 14.2 Å². The Bertz CT molecular complexity index is 435. The molecule has 0 bridgehead atoms. The predicted octanol–water partition coefficient (Wildman–Crippen LogP) is 1.67. The van der Waals surface area contributed by atoms with Gasteiger partial charge in [-0.2, -0.15) is 12.6 Å². The smallest absolute Gasteiger partial charge is 0.225 e. The maximum atomic E-state index is 11.0. The molecular formula is C10H13NO2S2. The van der Waals surface area contributed by atoms with E-state index in [0.717, 1.165) is 17.7 Å². The molecule has 1 aromatic carbocycles. The summed E-state index contributed by atoms with van der Waals surface area (Å²) in [7, 11) is -3.58. The maximum Gasteiger partial charge on any atom is 0.238 e. The Kier molecular flexibility index (Phi) is 4.38. The normalized spacial score (nSPS) is 12.1. The van der Waals surface area contributed by atoms with Crippen LogP contribution in [0.3, 0.4) is 0 Å². The summed E-state index contributed by atoms with van der Waals surface area (Å²) in [5.41, 5.74) is 0.948. The molecule has 0 aromatic heterocycles. The summed E-state index contributed by atoms with van der Waals surface area (Å²) in [5, 5.41) is 4.97. The number of thiol groups is 1. The molecule has 0 unspecified atom stereocenters. The van der Waals surface area contributed by atoms with E-state index in [9.17, 15) is 8.42 Å². The van der Waals surface area contributed by atoms with Crippen LogP contribution in [0, 0.1) is 0 Å². The summed E-state index contributed by atoms with van der Waals surface area (Å²) in [6.07, 6.45) is 4.79. The molecule has 1 rings (SSSR count). The molecule has 0 heterocycles. The molecule has 0 saturated carbocycles. The summed E-state index contributed by atoms with van der Waals surface area (Å²) in [6, 6.07) is 6.43. The topological polar surface area (TPSA) is 60.2 Å². The first-order valence-corrected chi connectivity index (χ1v) is 6.62. The van der Waals surface area contributed by atoms with Gasteiger partial charge >= 0.3 is 0 Å². The predicted molar refractivity (Wildman–Crippen MR) is 65.3 cm³/mol. The number of nitrogens with two attached hydrogens (primary N) is 1. The number of sulfonamides is 1. The summed E-state index contributed by atoms with van der Waals surface area (Å²) >= 11 is 4.07. The fourth-order valence-corrected chi connectivity index (χ4v) is 1.73. The molecule has 0 saturated heterocycles. The first-order chi connectivity index (χ1) is 7.04. The van der Waals surface area contributed by atoms with E-state index in [2.05, 4.69) is 12.6 Å². The Balaban J connectivity index is 2.82. The van der Waals surface area contributed by atoms with Crippen molar-refractivity contribution < 1.29 is 8.42 Å². The molecule has 0 radical (unpaired) electrons. The van der Waals surface area contributed by atoms with E-state index in [0.29, 0.717) is 0 Å². The van der Waals surface area contributed by atoms with Crippen molar-refractivity contribution in [1.29, 1.82) is 0 Å². The van der Waals surface area contributed by atoms with Crippen molar-refractivity contribution in [2.24, 2.45) is 5.14 Å². The Labute approximate surface area is 95.5 Å². The molecule has 0 fully saturated rings. The molecule has 0 aliphatic rings. The summed E-state index contributed by atoms with van der Waals surface area (Å²) in [5.74, 6) is 0.797. The van der Waals surface area contributed by atoms with E-state index in [1.165, 1.54) is 12.1 Å². The second kappa shape index (κ2) is 5.34. The number of hydrogen-bond acceptors (Lipinski definition) is 3. The van der Waals surface area contributed by atoms with Gasteiger partial charge in [-0.1, -0.05) is 24.3 Å². The molecule has 2 N–H and O–H groups in total. The lowest BCUT2D eigenvalue weighted by molar-refractivity contribution is 0.598. The van der Waals surface area contributed by atoms with Crippen LogP contribution in [-0.2, 0) is 10.0 Å². The van der Waals surface area contributed by atoms with E-state index < -0.39 is 10.0 Å². The lowest BCUT2D eigenvalue weighted by Gasteiger charge is -1.98. The van der Waals surface area contributed by atoms with Gasteiger partial charge in [-0.25, -0.2) is 13.6 Å². The van der Waals surface area contributed by atoms with Gasteiger partial charge in [0.2, 0.25) is 10.0 Å². The minimum atomic E-state index is -3.58. The number of rotatable bonds is 4. The van der Waals surface area contributed by atoms with Crippen LogP contribution in [0.2, 0.25) is 0 Å². The lowest BCUT2D eigenvalue weighted by atomic mass is 10.2. The van der Waals surface area contributed by atoms with Gasteiger partial charge in [-0.15, -0.1) is 0 Å². The van der Waals surface area contributed by atoms with Gasteiger partial charge in [-0.3, -0.25) is 0 Å². The van der Waals surface area contributed by atoms with Crippen molar-refractivity contribution in [1.82, 2.24) is 0 Å². The number of hydrogen-bond donors (Lipinski definition) is 2. The van der Waals surface area contributed by atoms with Gasteiger partial charge in [0.25, 0.3) is 0 Å². The van der Waals surface area contributed by atoms with Crippen LogP contribution in [0.25, 0.3) is 6.08 Å². The van der Waals surface area contributed by atoms with Gasteiger partial charge in [0, 0.05) is 0 Å². The van der Waals surface area contributed by atoms with Crippen LogP contribution >= 0.6 is 12.6 Å². The third-order valence-electron chi connectivity index (χ3n) is 1.81. The van der Waals surface area contributed by atoms with E-state index >= 15 is 0 Å². The van der Waals surface area contributed by atoms with Crippen molar-refractivity contribution in [2.75, 3.05) is 5.75 Å². The van der Waals surface area contributed by atoms with E-state index in [1.807, 2.05) is 12.2 Å². The fourth-order valence-electron chi connectivity index (χ4n) is 1.06. The van der Waals surface area contributed by atoms with Crippen LogP contribution < -0.4 is 5.14 Å². The molecule has 5 heteroatoms. The summed E-state index contributed by atoms with van der Waals surface area (Å²) in [4.78, 5) is 0.133. The number of primary sulfonamides is 1.